The molecule has 2 unspecified atom stereocenters. The molecule has 2 saturated heterocycles. The lowest BCUT2D eigenvalue weighted by molar-refractivity contribution is -0.0563. The minimum atomic E-state index is -0.524. The Morgan fingerprint density at radius 1 is 1.26 bits per heavy atom. The molecular formula is C16H24N2O. The highest BCUT2D eigenvalue weighted by Crippen LogP contribution is 2.29. The van der Waals surface area contributed by atoms with Gasteiger partial charge in [0.1, 0.15) is 0 Å². The molecule has 19 heavy (non-hydrogen) atoms. The standard InChI is InChI=1S/C16H24N2O/c19-16(15-8-4-10-17-15)9-5-11-18(13-16)12-14-6-2-1-3-7-14/h1-3,6-7,15,17,19H,4-5,8-13H2. The molecule has 2 aliphatic rings. The van der Waals surface area contributed by atoms with Crippen LogP contribution in [0.15, 0.2) is 30.3 Å². The Morgan fingerprint density at radius 3 is 2.84 bits per heavy atom. The highest BCUT2D eigenvalue weighted by molar-refractivity contribution is 5.15. The molecule has 0 amide bonds. The molecule has 3 nitrogen and oxygen atoms in total. The van der Waals surface area contributed by atoms with Crippen molar-refractivity contribution in [3.05, 3.63) is 35.9 Å². The number of β-amino-alcohol motifs (C(OH)–C–C–N with tert-alkyl or cyclic N) is 1. The predicted molar refractivity (Wildman–Crippen MR) is 76.9 cm³/mol. The molecule has 2 aliphatic heterocycles. The summed E-state index contributed by atoms with van der Waals surface area (Å²) >= 11 is 0. The van der Waals surface area contributed by atoms with Gasteiger partial charge in [-0.3, -0.25) is 4.90 Å². The van der Waals surface area contributed by atoms with Gasteiger partial charge in [0.25, 0.3) is 0 Å². The zero-order valence-corrected chi connectivity index (χ0v) is 11.5. The molecule has 0 bridgehead atoms. The van der Waals surface area contributed by atoms with Gasteiger partial charge in [-0.2, -0.15) is 0 Å². The molecule has 2 heterocycles. The predicted octanol–water partition coefficient (Wildman–Crippen LogP) is 1.77. The van der Waals surface area contributed by atoms with E-state index in [9.17, 15) is 5.11 Å². The molecule has 1 aromatic carbocycles. The van der Waals surface area contributed by atoms with Crippen LogP contribution in [-0.2, 0) is 6.54 Å². The normalized spacial score (nSPS) is 32.6. The van der Waals surface area contributed by atoms with Gasteiger partial charge in [0.15, 0.2) is 0 Å². The lowest BCUT2D eigenvalue weighted by atomic mass is 9.84. The van der Waals surface area contributed by atoms with E-state index < -0.39 is 5.60 Å². The molecule has 0 spiro atoms. The number of hydrogen-bond donors (Lipinski definition) is 2. The van der Waals surface area contributed by atoms with E-state index in [0.717, 1.165) is 45.4 Å². The van der Waals surface area contributed by atoms with Gasteiger partial charge in [0, 0.05) is 19.1 Å². The minimum absolute atomic E-state index is 0.297. The number of rotatable bonds is 3. The second-order valence-electron chi connectivity index (χ2n) is 6.05. The van der Waals surface area contributed by atoms with Gasteiger partial charge < -0.3 is 10.4 Å². The summed E-state index contributed by atoms with van der Waals surface area (Å²) in [5, 5.41) is 14.4. The van der Waals surface area contributed by atoms with E-state index in [1.165, 1.54) is 12.0 Å². The molecule has 1 aromatic rings. The highest BCUT2D eigenvalue weighted by Gasteiger charge is 2.41. The molecule has 104 valence electrons. The number of aliphatic hydroxyl groups is 1. The zero-order valence-electron chi connectivity index (χ0n) is 11.5. The van der Waals surface area contributed by atoms with E-state index >= 15 is 0 Å². The Bertz CT molecular complexity index is 402. The largest absolute Gasteiger partial charge is 0.387 e. The van der Waals surface area contributed by atoms with Crippen molar-refractivity contribution >= 4 is 0 Å². The minimum Gasteiger partial charge on any atom is -0.387 e. The summed E-state index contributed by atoms with van der Waals surface area (Å²) in [6.45, 7) is 3.92. The summed E-state index contributed by atoms with van der Waals surface area (Å²) in [6, 6.07) is 10.9. The highest BCUT2D eigenvalue weighted by atomic mass is 16.3. The Labute approximate surface area is 115 Å². The van der Waals surface area contributed by atoms with Crippen LogP contribution in [0.2, 0.25) is 0 Å². The van der Waals surface area contributed by atoms with Crippen molar-refractivity contribution in [2.75, 3.05) is 19.6 Å². The molecule has 0 saturated carbocycles. The first-order valence-electron chi connectivity index (χ1n) is 7.48. The van der Waals surface area contributed by atoms with Crippen molar-refractivity contribution in [1.29, 1.82) is 0 Å². The van der Waals surface area contributed by atoms with Crippen LogP contribution in [0.3, 0.4) is 0 Å². The number of hydrogen-bond acceptors (Lipinski definition) is 3. The fourth-order valence-electron chi connectivity index (χ4n) is 3.56. The van der Waals surface area contributed by atoms with Gasteiger partial charge in [0.2, 0.25) is 0 Å². The van der Waals surface area contributed by atoms with Crippen molar-refractivity contribution in [3.63, 3.8) is 0 Å². The van der Waals surface area contributed by atoms with Crippen LogP contribution in [0.4, 0.5) is 0 Å². The van der Waals surface area contributed by atoms with Crippen LogP contribution >= 0.6 is 0 Å². The number of likely N-dealkylation sites (tertiary alicyclic amines) is 1. The maximum absolute atomic E-state index is 10.9. The molecule has 0 radical (unpaired) electrons. The molecule has 3 heteroatoms. The van der Waals surface area contributed by atoms with Crippen LogP contribution in [0.1, 0.15) is 31.2 Å². The van der Waals surface area contributed by atoms with Crippen molar-refractivity contribution < 1.29 is 5.11 Å². The lowest BCUT2D eigenvalue weighted by Gasteiger charge is -2.43. The average Bonchev–Trinajstić information content (AvgIpc) is 2.95. The summed E-state index contributed by atoms with van der Waals surface area (Å²) in [7, 11) is 0. The van der Waals surface area contributed by atoms with Gasteiger partial charge in [-0.25, -0.2) is 0 Å². The third-order valence-electron chi connectivity index (χ3n) is 4.54. The fourth-order valence-corrected chi connectivity index (χ4v) is 3.56. The Kier molecular flexibility index (Phi) is 3.87. The van der Waals surface area contributed by atoms with E-state index in [1.54, 1.807) is 0 Å². The van der Waals surface area contributed by atoms with Crippen LogP contribution in [0.5, 0.6) is 0 Å². The van der Waals surface area contributed by atoms with Crippen molar-refractivity contribution in [3.8, 4) is 0 Å². The topological polar surface area (TPSA) is 35.5 Å². The van der Waals surface area contributed by atoms with Gasteiger partial charge in [0.05, 0.1) is 5.60 Å². The molecule has 2 fully saturated rings. The number of nitrogens with zero attached hydrogens (tertiary/aromatic N) is 1. The van der Waals surface area contributed by atoms with E-state index in [0.29, 0.717) is 6.04 Å². The summed E-state index contributed by atoms with van der Waals surface area (Å²) in [5.74, 6) is 0. The van der Waals surface area contributed by atoms with Crippen LogP contribution < -0.4 is 5.32 Å². The zero-order chi connectivity index (χ0) is 13.1. The third kappa shape index (κ3) is 2.99. The summed E-state index contributed by atoms with van der Waals surface area (Å²) in [4.78, 5) is 2.40. The third-order valence-corrected chi connectivity index (χ3v) is 4.54. The van der Waals surface area contributed by atoms with E-state index in [2.05, 4.69) is 40.5 Å². The van der Waals surface area contributed by atoms with E-state index in [4.69, 9.17) is 0 Å². The van der Waals surface area contributed by atoms with Crippen molar-refractivity contribution in [1.82, 2.24) is 10.2 Å². The molecule has 3 rings (SSSR count). The fraction of sp³-hybridized carbons (Fsp3) is 0.625. The summed E-state index contributed by atoms with van der Waals surface area (Å²) in [6.07, 6.45) is 4.36. The number of nitrogens with one attached hydrogen (secondary N) is 1. The molecular weight excluding hydrogens is 236 g/mol. The first kappa shape index (κ1) is 13.1. The summed E-state index contributed by atoms with van der Waals surface area (Å²) in [5.41, 5.74) is 0.815. The summed E-state index contributed by atoms with van der Waals surface area (Å²) < 4.78 is 0. The number of benzene rings is 1. The van der Waals surface area contributed by atoms with Crippen LogP contribution in [0.25, 0.3) is 0 Å². The van der Waals surface area contributed by atoms with Crippen LogP contribution in [0, 0.1) is 0 Å². The lowest BCUT2D eigenvalue weighted by Crippen LogP contribution is -2.57. The molecule has 2 N–H and O–H groups in total. The van der Waals surface area contributed by atoms with Gasteiger partial charge in [-0.05, 0) is 44.3 Å². The number of piperidine rings is 1. The first-order valence-corrected chi connectivity index (χ1v) is 7.48. The SMILES string of the molecule is OC1(C2CCCN2)CCCN(Cc2ccccc2)C1. The van der Waals surface area contributed by atoms with Crippen molar-refractivity contribution in [2.45, 2.75) is 43.9 Å². The Morgan fingerprint density at radius 2 is 2.11 bits per heavy atom. The van der Waals surface area contributed by atoms with E-state index in [1.807, 2.05) is 0 Å². The van der Waals surface area contributed by atoms with Gasteiger partial charge >= 0.3 is 0 Å². The van der Waals surface area contributed by atoms with Gasteiger partial charge in [-0.15, -0.1) is 0 Å². The van der Waals surface area contributed by atoms with E-state index in [-0.39, 0.29) is 0 Å². The molecule has 2 atom stereocenters. The smallest absolute Gasteiger partial charge is 0.0926 e. The quantitative estimate of drug-likeness (QED) is 0.869. The van der Waals surface area contributed by atoms with Crippen molar-refractivity contribution in [2.24, 2.45) is 0 Å². The second-order valence-corrected chi connectivity index (χ2v) is 6.05. The monoisotopic (exact) mass is 260 g/mol. The average molecular weight is 260 g/mol. The molecule has 0 aromatic heterocycles. The Hall–Kier alpha value is -0.900. The maximum atomic E-state index is 10.9. The van der Waals surface area contributed by atoms with Crippen LogP contribution in [-0.4, -0.2) is 41.3 Å². The second kappa shape index (κ2) is 5.61. The maximum Gasteiger partial charge on any atom is 0.0926 e. The van der Waals surface area contributed by atoms with Gasteiger partial charge in [-0.1, -0.05) is 30.3 Å². The molecule has 0 aliphatic carbocycles. The first-order chi connectivity index (χ1) is 9.26. The Balaban J connectivity index is 1.64.